The molecule has 0 saturated heterocycles. The van der Waals surface area contributed by atoms with Gasteiger partial charge in [0, 0.05) is 17.8 Å². The fourth-order valence-electron chi connectivity index (χ4n) is 3.20. The summed E-state index contributed by atoms with van der Waals surface area (Å²) in [6.45, 7) is -2.11. The molecule has 22 heavy (non-hydrogen) atoms. The topological polar surface area (TPSA) is 7.94 Å². The fourth-order valence-corrected chi connectivity index (χ4v) is 3.20. The molecule has 0 atom stereocenters. The molecule has 0 unspecified atom stereocenters. The zero-order valence-corrected chi connectivity index (χ0v) is 11.8. The van der Waals surface area contributed by atoms with Gasteiger partial charge in [-0.1, -0.05) is 6.07 Å². The Bertz CT molecular complexity index is 891. The summed E-state index contributed by atoms with van der Waals surface area (Å²) < 4.78 is 44.6. The summed E-state index contributed by atoms with van der Waals surface area (Å²) in [6.07, 6.45) is 6.05. The van der Waals surface area contributed by atoms with E-state index in [0.717, 1.165) is 14.5 Å². The summed E-state index contributed by atoms with van der Waals surface area (Å²) in [6, 6.07) is 7.69. The highest BCUT2D eigenvalue weighted by molar-refractivity contribution is 6.57. The molecule has 0 amide bonds. The number of rotatable bonds is 1. The van der Waals surface area contributed by atoms with Crippen molar-refractivity contribution >= 4 is 18.8 Å². The standard InChI is InChI=1S/C16H12BF3N2/c1-11-10-12(18)6-7-13(11)16-14-4-2-8-21(14)17(19,20)22-9-3-5-15(16)22/h2-10H,1H3. The Morgan fingerprint density at radius 3 is 2.77 bits per heavy atom. The first-order valence-corrected chi connectivity index (χ1v) is 7.00. The van der Waals surface area contributed by atoms with Crippen molar-refractivity contribution in [3.8, 4) is 0 Å². The van der Waals surface area contributed by atoms with Crippen LogP contribution in [0.1, 0.15) is 16.8 Å². The number of hydrogen-bond donors (Lipinski definition) is 0. The summed E-state index contributed by atoms with van der Waals surface area (Å²) in [5, 5.41) is 0. The van der Waals surface area contributed by atoms with Crippen LogP contribution in [0.15, 0.2) is 54.4 Å². The molecule has 0 N–H and O–H groups in total. The van der Waals surface area contributed by atoms with E-state index >= 15 is 0 Å². The summed E-state index contributed by atoms with van der Waals surface area (Å²) >= 11 is 0. The summed E-state index contributed by atoms with van der Waals surface area (Å²) in [4.78, 5) is 0. The monoisotopic (exact) mass is 300 g/mol. The lowest BCUT2D eigenvalue weighted by Crippen LogP contribution is -2.49. The predicted molar refractivity (Wildman–Crippen MR) is 80.4 cm³/mol. The highest BCUT2D eigenvalue weighted by Crippen LogP contribution is 2.39. The Morgan fingerprint density at radius 1 is 1.18 bits per heavy atom. The van der Waals surface area contributed by atoms with Gasteiger partial charge in [0.05, 0.1) is 5.57 Å². The van der Waals surface area contributed by atoms with Crippen molar-refractivity contribution in [1.82, 2.24) is 4.48 Å². The van der Waals surface area contributed by atoms with Gasteiger partial charge in [0.15, 0.2) is 5.70 Å². The predicted octanol–water partition coefficient (Wildman–Crippen LogP) is 3.58. The van der Waals surface area contributed by atoms with Crippen LogP contribution in [-0.2, 0) is 0 Å². The maximum absolute atomic E-state index is 14.6. The maximum atomic E-state index is 14.6. The molecule has 1 aromatic heterocycles. The Kier molecular flexibility index (Phi) is 2.55. The number of benzene rings is 1. The molecule has 110 valence electrons. The number of allylic oxidation sites excluding steroid dienone is 2. The van der Waals surface area contributed by atoms with Crippen LogP contribution in [0.2, 0.25) is 0 Å². The molecule has 0 aliphatic carbocycles. The first-order valence-electron chi connectivity index (χ1n) is 7.00. The van der Waals surface area contributed by atoms with Crippen LogP contribution in [0.25, 0.3) is 5.57 Å². The average molecular weight is 300 g/mol. The highest BCUT2D eigenvalue weighted by atomic mass is 19.2. The first kappa shape index (κ1) is 13.2. The number of aryl methyl sites for hydroxylation is 1. The van der Waals surface area contributed by atoms with Gasteiger partial charge in [0.2, 0.25) is 0 Å². The van der Waals surface area contributed by atoms with Crippen LogP contribution in [0.4, 0.5) is 13.0 Å². The summed E-state index contributed by atoms with van der Waals surface area (Å²) in [5.41, 5.74) is 3.07. The van der Waals surface area contributed by atoms with Gasteiger partial charge in [-0.25, -0.2) is 4.39 Å². The molecule has 2 aromatic rings. The molecular weight excluding hydrogens is 288 g/mol. The van der Waals surface area contributed by atoms with Crippen LogP contribution >= 0.6 is 0 Å². The van der Waals surface area contributed by atoms with Gasteiger partial charge in [-0.05, 0) is 48.5 Å². The molecule has 0 fully saturated rings. The Balaban J connectivity index is 2.07. The molecule has 4 rings (SSSR count). The minimum absolute atomic E-state index is 0.335. The minimum Gasteiger partial charge on any atom is -0.396 e. The Morgan fingerprint density at radius 2 is 2.00 bits per heavy atom. The maximum Gasteiger partial charge on any atom is 0.737 e. The molecule has 2 aliphatic rings. The lowest BCUT2D eigenvalue weighted by molar-refractivity contribution is -0.356. The van der Waals surface area contributed by atoms with E-state index < -0.39 is 6.97 Å². The molecule has 3 heterocycles. The lowest BCUT2D eigenvalue weighted by Gasteiger charge is -2.31. The van der Waals surface area contributed by atoms with Crippen LogP contribution in [0.5, 0.6) is 0 Å². The second-order valence-electron chi connectivity index (χ2n) is 5.52. The number of hydrogen-bond acceptors (Lipinski definition) is 0. The third-order valence-corrected chi connectivity index (χ3v) is 4.20. The van der Waals surface area contributed by atoms with Gasteiger partial charge in [-0.3, -0.25) is 0 Å². The van der Waals surface area contributed by atoms with Gasteiger partial charge in [0.1, 0.15) is 12.0 Å². The normalized spacial score (nSPS) is 18.3. The average Bonchev–Trinajstić information content (AvgIpc) is 3.11. The largest absolute Gasteiger partial charge is 0.737 e. The Labute approximate surface area is 125 Å². The molecule has 2 aliphatic heterocycles. The van der Waals surface area contributed by atoms with Crippen molar-refractivity contribution in [1.29, 1.82) is 0 Å². The van der Waals surface area contributed by atoms with Crippen molar-refractivity contribution in [3.05, 3.63) is 77.0 Å². The van der Waals surface area contributed by atoms with Crippen molar-refractivity contribution in [3.63, 3.8) is 0 Å². The van der Waals surface area contributed by atoms with E-state index in [2.05, 4.69) is 0 Å². The van der Waals surface area contributed by atoms with Crippen LogP contribution in [0, 0.1) is 12.7 Å². The van der Waals surface area contributed by atoms with Crippen LogP contribution in [0.3, 0.4) is 0 Å². The second kappa shape index (κ2) is 4.26. The van der Waals surface area contributed by atoms with Gasteiger partial charge >= 0.3 is 6.97 Å². The van der Waals surface area contributed by atoms with E-state index in [0.29, 0.717) is 22.5 Å². The molecule has 0 saturated carbocycles. The molecular formula is C16H12BF3N2. The summed E-state index contributed by atoms with van der Waals surface area (Å²) in [7, 11) is 0. The third kappa shape index (κ3) is 1.61. The third-order valence-electron chi connectivity index (χ3n) is 4.20. The molecule has 2 nitrogen and oxygen atoms in total. The lowest BCUT2D eigenvalue weighted by atomic mass is 9.85. The summed E-state index contributed by atoms with van der Waals surface area (Å²) in [5.74, 6) is -0.335. The molecule has 0 spiro atoms. The van der Waals surface area contributed by atoms with Crippen molar-refractivity contribution in [2.45, 2.75) is 6.92 Å². The number of fused-ring (bicyclic) bond motifs is 2. The second-order valence-corrected chi connectivity index (χ2v) is 5.52. The van der Waals surface area contributed by atoms with Crippen LogP contribution in [-0.4, -0.2) is 22.1 Å². The van der Waals surface area contributed by atoms with Gasteiger partial charge in [-0.15, -0.1) is 0 Å². The van der Waals surface area contributed by atoms with Crippen molar-refractivity contribution in [2.75, 3.05) is 0 Å². The van der Waals surface area contributed by atoms with Gasteiger partial charge in [0.25, 0.3) is 0 Å². The van der Waals surface area contributed by atoms with E-state index in [1.807, 2.05) is 0 Å². The number of nitrogens with zero attached hydrogens (tertiary/aromatic N) is 2. The van der Waals surface area contributed by atoms with E-state index in [1.165, 1.54) is 24.5 Å². The van der Waals surface area contributed by atoms with Gasteiger partial charge in [-0.2, -0.15) is 0 Å². The van der Waals surface area contributed by atoms with E-state index in [-0.39, 0.29) is 5.82 Å². The molecule has 0 bridgehead atoms. The van der Waals surface area contributed by atoms with Crippen LogP contribution < -0.4 is 0 Å². The molecule has 0 radical (unpaired) electrons. The number of aromatic nitrogens is 1. The smallest absolute Gasteiger partial charge is 0.396 e. The highest BCUT2D eigenvalue weighted by Gasteiger charge is 2.51. The SMILES string of the molecule is Cc1cc(F)ccc1C1=C2C=CC=[N+]2[B-](F)(F)n2cccc21. The van der Waals surface area contributed by atoms with E-state index in [9.17, 15) is 13.0 Å². The van der Waals surface area contributed by atoms with Gasteiger partial charge < -0.3 is 17.6 Å². The number of halogens is 3. The molecule has 1 aromatic carbocycles. The van der Waals surface area contributed by atoms with Crippen molar-refractivity contribution in [2.24, 2.45) is 0 Å². The zero-order valence-electron chi connectivity index (χ0n) is 11.8. The van der Waals surface area contributed by atoms with Crippen molar-refractivity contribution < 1.29 is 17.5 Å². The Hall–Kier alpha value is -2.50. The van der Waals surface area contributed by atoms with E-state index in [4.69, 9.17) is 0 Å². The fraction of sp³-hybridized carbons (Fsp3) is 0.0625. The quantitative estimate of drug-likeness (QED) is 0.711. The zero-order chi connectivity index (χ0) is 15.5. The first-order chi connectivity index (χ1) is 10.5. The molecule has 6 heteroatoms. The van der Waals surface area contributed by atoms with E-state index in [1.54, 1.807) is 37.3 Å². The minimum atomic E-state index is -3.89.